The van der Waals surface area contributed by atoms with Crippen LogP contribution >= 0.6 is 22.6 Å². The maximum absolute atomic E-state index is 9.54. The number of hydrogen-bond donors (Lipinski definition) is 2. The monoisotopic (exact) mass is 275 g/mol. The van der Waals surface area contributed by atoms with Crippen LogP contribution in [0.5, 0.6) is 5.75 Å². The first-order valence-corrected chi connectivity index (χ1v) is 5.04. The Morgan fingerprint density at radius 2 is 2.25 bits per heavy atom. The summed E-state index contributed by atoms with van der Waals surface area (Å²) < 4.78 is 1.22. The van der Waals surface area contributed by atoms with Gasteiger partial charge in [0.15, 0.2) is 0 Å². The van der Waals surface area contributed by atoms with Crippen molar-refractivity contribution in [1.29, 1.82) is 0 Å². The zero-order chi connectivity index (χ0) is 8.72. The number of hydrogen-bond acceptors (Lipinski definition) is 2. The number of phenolic OH excluding ortho intramolecular Hbond substituents is 1. The van der Waals surface area contributed by atoms with Gasteiger partial charge in [0.05, 0.1) is 0 Å². The summed E-state index contributed by atoms with van der Waals surface area (Å²) in [5, 5.41) is 9.54. The van der Waals surface area contributed by atoms with Crippen molar-refractivity contribution in [2.75, 3.05) is 0 Å². The number of benzene rings is 1. The van der Waals surface area contributed by atoms with Crippen LogP contribution in [-0.4, -0.2) is 5.11 Å². The topological polar surface area (TPSA) is 46.2 Å². The van der Waals surface area contributed by atoms with Crippen LogP contribution in [0.25, 0.3) is 0 Å². The molecule has 1 aliphatic rings. The van der Waals surface area contributed by atoms with E-state index in [1.807, 2.05) is 6.07 Å². The van der Waals surface area contributed by atoms with Crippen molar-refractivity contribution in [2.45, 2.75) is 18.9 Å². The normalized spacial score (nSPS) is 21.0. The molecule has 0 bridgehead atoms. The van der Waals surface area contributed by atoms with E-state index in [1.165, 1.54) is 9.13 Å². The van der Waals surface area contributed by atoms with E-state index in [4.69, 9.17) is 5.73 Å². The van der Waals surface area contributed by atoms with Crippen molar-refractivity contribution < 1.29 is 5.11 Å². The van der Waals surface area contributed by atoms with Crippen molar-refractivity contribution in [1.82, 2.24) is 0 Å². The van der Waals surface area contributed by atoms with E-state index < -0.39 is 0 Å². The van der Waals surface area contributed by atoms with E-state index in [1.54, 1.807) is 6.07 Å². The molecule has 0 spiro atoms. The number of fused-ring (bicyclic) bond motifs is 1. The Hall–Kier alpha value is -0.290. The van der Waals surface area contributed by atoms with Gasteiger partial charge in [-0.1, -0.05) is 0 Å². The molecule has 2 nitrogen and oxygen atoms in total. The van der Waals surface area contributed by atoms with E-state index in [2.05, 4.69) is 22.6 Å². The molecule has 0 amide bonds. The molecule has 3 N–H and O–H groups in total. The van der Waals surface area contributed by atoms with Gasteiger partial charge in [-0.15, -0.1) is 0 Å². The Morgan fingerprint density at radius 1 is 1.50 bits per heavy atom. The minimum absolute atomic E-state index is 0.0368. The molecule has 0 radical (unpaired) electrons. The first-order valence-electron chi connectivity index (χ1n) is 3.96. The predicted molar refractivity (Wildman–Crippen MR) is 56.1 cm³/mol. The fraction of sp³-hybridized carbons (Fsp3) is 0.333. The van der Waals surface area contributed by atoms with Gasteiger partial charge in [0.25, 0.3) is 0 Å². The lowest BCUT2D eigenvalue weighted by molar-refractivity contribution is 0.463. The van der Waals surface area contributed by atoms with Gasteiger partial charge < -0.3 is 10.8 Å². The van der Waals surface area contributed by atoms with Gasteiger partial charge in [-0.05, 0) is 53.1 Å². The van der Waals surface area contributed by atoms with Crippen molar-refractivity contribution in [3.05, 3.63) is 26.8 Å². The average molecular weight is 275 g/mol. The van der Waals surface area contributed by atoms with Crippen LogP contribution < -0.4 is 5.73 Å². The van der Waals surface area contributed by atoms with Crippen LogP contribution in [0.3, 0.4) is 0 Å². The predicted octanol–water partition coefficient (Wildman–Crippen LogP) is 1.94. The maximum Gasteiger partial charge on any atom is 0.120 e. The molecule has 0 fully saturated rings. The molecule has 0 aliphatic heterocycles. The van der Waals surface area contributed by atoms with Crippen LogP contribution in [0.1, 0.15) is 23.6 Å². The molecule has 0 unspecified atom stereocenters. The van der Waals surface area contributed by atoms with E-state index in [0.717, 1.165) is 18.4 Å². The van der Waals surface area contributed by atoms with Gasteiger partial charge in [0.2, 0.25) is 0 Å². The Morgan fingerprint density at radius 3 is 2.92 bits per heavy atom. The molecule has 64 valence electrons. The van der Waals surface area contributed by atoms with Crippen LogP contribution in [0.2, 0.25) is 0 Å². The van der Waals surface area contributed by atoms with Crippen molar-refractivity contribution in [3.8, 4) is 5.75 Å². The first kappa shape index (κ1) is 8.31. The van der Waals surface area contributed by atoms with E-state index in [-0.39, 0.29) is 6.04 Å². The fourth-order valence-electron chi connectivity index (χ4n) is 1.74. The number of phenols is 1. The molecule has 1 aromatic rings. The summed E-state index contributed by atoms with van der Waals surface area (Å²) in [5.41, 5.74) is 8.05. The summed E-state index contributed by atoms with van der Waals surface area (Å²) in [6, 6.07) is 3.70. The molecular formula is C9H10INO. The highest BCUT2D eigenvalue weighted by Crippen LogP contribution is 2.38. The summed E-state index contributed by atoms with van der Waals surface area (Å²) in [4.78, 5) is 0. The highest BCUT2D eigenvalue weighted by molar-refractivity contribution is 14.1. The Bertz CT molecular complexity index is 325. The number of halogens is 1. The highest BCUT2D eigenvalue weighted by Gasteiger charge is 2.23. The van der Waals surface area contributed by atoms with E-state index in [9.17, 15) is 5.11 Å². The third-order valence-corrected chi connectivity index (χ3v) is 3.36. The molecule has 12 heavy (non-hydrogen) atoms. The van der Waals surface area contributed by atoms with Crippen molar-refractivity contribution >= 4 is 22.6 Å². The third kappa shape index (κ3) is 1.11. The number of nitrogens with two attached hydrogens (primary N) is 1. The Labute approximate surface area is 84.9 Å². The molecule has 0 saturated carbocycles. The van der Waals surface area contributed by atoms with Gasteiger partial charge in [-0.2, -0.15) is 0 Å². The lowest BCUT2D eigenvalue weighted by Crippen LogP contribution is -2.05. The molecule has 0 heterocycles. The lowest BCUT2D eigenvalue weighted by Gasteiger charge is -2.07. The summed E-state index contributed by atoms with van der Waals surface area (Å²) >= 11 is 2.29. The Kier molecular flexibility index (Phi) is 2.00. The summed E-state index contributed by atoms with van der Waals surface area (Å²) in [7, 11) is 0. The molecular weight excluding hydrogens is 265 g/mol. The molecule has 2 rings (SSSR count). The number of aromatic hydroxyl groups is 1. The molecule has 3 heteroatoms. The summed E-state index contributed by atoms with van der Waals surface area (Å²) in [5.74, 6) is 0.357. The fourth-order valence-corrected chi connectivity index (χ4v) is 2.48. The van der Waals surface area contributed by atoms with Gasteiger partial charge in [-0.3, -0.25) is 0 Å². The number of rotatable bonds is 0. The highest BCUT2D eigenvalue weighted by atomic mass is 127. The van der Waals surface area contributed by atoms with Crippen LogP contribution in [0, 0.1) is 3.57 Å². The minimum Gasteiger partial charge on any atom is -0.508 e. The first-order chi connectivity index (χ1) is 5.70. The van der Waals surface area contributed by atoms with Gasteiger partial charge in [0.1, 0.15) is 5.75 Å². The largest absolute Gasteiger partial charge is 0.508 e. The molecule has 1 aromatic carbocycles. The summed E-state index contributed by atoms with van der Waals surface area (Å²) in [6.45, 7) is 0. The van der Waals surface area contributed by atoms with Gasteiger partial charge in [0, 0.05) is 15.2 Å². The van der Waals surface area contributed by atoms with E-state index >= 15 is 0 Å². The quantitative estimate of drug-likeness (QED) is 0.711. The summed E-state index contributed by atoms with van der Waals surface area (Å²) in [6.07, 6.45) is 1.96. The van der Waals surface area contributed by atoms with Gasteiger partial charge >= 0.3 is 0 Å². The van der Waals surface area contributed by atoms with Crippen molar-refractivity contribution in [2.24, 2.45) is 5.73 Å². The second-order valence-corrected chi connectivity index (χ2v) is 4.27. The van der Waals surface area contributed by atoms with Crippen LogP contribution in [-0.2, 0) is 6.42 Å². The van der Waals surface area contributed by atoms with E-state index in [0.29, 0.717) is 5.75 Å². The Balaban J connectivity index is 2.64. The standard InChI is InChI=1S/C9H10INO/c10-6-2-4-8(12)9-5(6)1-3-7(9)11/h2,4,7,12H,1,3,11H2/t7-/m0/s1. The van der Waals surface area contributed by atoms with Gasteiger partial charge in [-0.25, -0.2) is 0 Å². The van der Waals surface area contributed by atoms with Crippen LogP contribution in [0.4, 0.5) is 0 Å². The maximum atomic E-state index is 9.54. The molecule has 0 saturated heterocycles. The second kappa shape index (κ2) is 2.88. The minimum atomic E-state index is 0.0368. The third-order valence-electron chi connectivity index (χ3n) is 2.35. The molecule has 1 atom stereocenters. The zero-order valence-corrected chi connectivity index (χ0v) is 8.71. The van der Waals surface area contributed by atoms with Crippen LogP contribution in [0.15, 0.2) is 12.1 Å². The SMILES string of the molecule is N[C@H]1CCc2c(I)ccc(O)c21. The zero-order valence-electron chi connectivity index (χ0n) is 6.55. The second-order valence-electron chi connectivity index (χ2n) is 3.10. The lowest BCUT2D eigenvalue weighted by atomic mass is 10.1. The molecule has 1 aliphatic carbocycles. The average Bonchev–Trinajstić information content (AvgIpc) is 2.42. The molecule has 0 aromatic heterocycles. The smallest absolute Gasteiger partial charge is 0.120 e. The van der Waals surface area contributed by atoms with Crippen molar-refractivity contribution in [3.63, 3.8) is 0 Å².